The van der Waals surface area contributed by atoms with Crippen LogP contribution in [-0.4, -0.2) is 6.54 Å². The molecule has 1 aromatic heterocycles. The lowest BCUT2D eigenvalue weighted by Crippen LogP contribution is -2.34. The Kier molecular flexibility index (Phi) is 7.70. The van der Waals surface area contributed by atoms with Crippen molar-refractivity contribution in [3.63, 3.8) is 0 Å². The van der Waals surface area contributed by atoms with Crippen molar-refractivity contribution in [2.45, 2.75) is 51.0 Å². The fourth-order valence-electron chi connectivity index (χ4n) is 6.17. The second-order valence-electron chi connectivity index (χ2n) is 11.0. The first-order chi connectivity index (χ1) is 20.7. The number of nitrogens with zero attached hydrogens (tertiary/aromatic N) is 2. The van der Waals surface area contributed by atoms with E-state index in [-0.39, 0.29) is 0 Å². The van der Waals surface area contributed by atoms with Gasteiger partial charge >= 0.3 is 0 Å². The molecule has 2 heterocycles. The lowest BCUT2D eigenvalue weighted by Gasteiger charge is -2.19. The summed E-state index contributed by atoms with van der Waals surface area (Å²) in [6, 6.07) is 26.4. The fraction of sp³-hybridized carbons (Fsp3) is 0.216. The molecule has 0 atom stereocenters. The molecule has 0 radical (unpaired) electrons. The highest BCUT2D eigenvalue weighted by atomic mass is 35.5. The predicted octanol–water partition coefficient (Wildman–Crippen LogP) is 11.0. The smallest absolute Gasteiger partial charge is 0.262 e. The van der Waals surface area contributed by atoms with Crippen LogP contribution in [0.1, 0.15) is 44.5 Å². The average molecular weight is 606 g/mol. The van der Waals surface area contributed by atoms with Crippen molar-refractivity contribution in [1.82, 2.24) is 0 Å². The molecule has 0 saturated carbocycles. The summed E-state index contributed by atoms with van der Waals surface area (Å²) in [7, 11) is 0. The summed E-state index contributed by atoms with van der Waals surface area (Å²) in [6.07, 6.45) is 13.2. The molecule has 4 aromatic carbocycles. The largest absolute Gasteiger partial charge is 0.335 e. The third-order valence-corrected chi connectivity index (χ3v) is 11.1. The Bertz CT molecular complexity index is 1960. The molecule has 42 heavy (non-hydrogen) atoms. The standard InChI is InChI=1S/C37H34ClN2S2/c1-3-23-39-31-19-15-25-9-5-7-11-29(25)36(31)41-33(39)21-17-27-13-14-28(35(27)38)18-22-34-40(24-4-2)32-20-16-26-10-6-8-12-30(26)37(32)42-34/h5-12,15-22H,3-4,13-14,23-24H2,1-2H3/q+1. The first kappa shape index (κ1) is 27.5. The van der Waals surface area contributed by atoms with Crippen LogP contribution in [0.5, 0.6) is 0 Å². The third kappa shape index (κ3) is 4.90. The average Bonchev–Trinajstić information content (AvgIpc) is 3.68. The Labute approximate surface area is 261 Å². The number of fused-ring (bicyclic) bond motifs is 6. The number of thiazole rings is 1. The van der Waals surface area contributed by atoms with Crippen LogP contribution < -0.4 is 9.47 Å². The third-order valence-electron chi connectivity index (χ3n) is 8.22. The predicted molar refractivity (Wildman–Crippen MR) is 185 cm³/mol. The first-order valence-corrected chi connectivity index (χ1v) is 17.0. The summed E-state index contributed by atoms with van der Waals surface area (Å²) in [4.78, 5) is 3.83. The normalized spacial score (nSPS) is 17.4. The summed E-state index contributed by atoms with van der Waals surface area (Å²) in [5, 5.41) is 8.72. The summed E-state index contributed by atoms with van der Waals surface area (Å²) in [5.41, 5.74) is 5.09. The topological polar surface area (TPSA) is 7.12 Å². The zero-order valence-electron chi connectivity index (χ0n) is 24.1. The van der Waals surface area contributed by atoms with Gasteiger partial charge in [-0.15, -0.1) is 0 Å². The van der Waals surface area contributed by atoms with E-state index in [9.17, 15) is 0 Å². The maximum absolute atomic E-state index is 7.03. The van der Waals surface area contributed by atoms with E-state index in [0.717, 1.165) is 43.8 Å². The second-order valence-corrected chi connectivity index (χ2v) is 13.4. The van der Waals surface area contributed by atoms with Gasteiger partial charge in [0.05, 0.1) is 10.7 Å². The molecule has 0 spiro atoms. The van der Waals surface area contributed by atoms with E-state index in [1.807, 2.05) is 23.1 Å². The summed E-state index contributed by atoms with van der Waals surface area (Å²) < 4.78 is 3.83. The number of thioether (sulfide) groups is 1. The van der Waals surface area contributed by atoms with Crippen molar-refractivity contribution >= 4 is 78.2 Å². The van der Waals surface area contributed by atoms with E-state index in [4.69, 9.17) is 11.6 Å². The van der Waals surface area contributed by atoms with Crippen molar-refractivity contribution in [1.29, 1.82) is 0 Å². The summed E-state index contributed by atoms with van der Waals surface area (Å²) in [6.45, 7) is 6.51. The molecule has 0 N–H and O–H groups in total. The van der Waals surface area contributed by atoms with Crippen molar-refractivity contribution in [3.8, 4) is 0 Å². The number of aromatic nitrogens is 1. The highest BCUT2D eigenvalue weighted by Gasteiger charge is 2.26. The highest BCUT2D eigenvalue weighted by Crippen LogP contribution is 2.49. The van der Waals surface area contributed by atoms with Crippen LogP contribution in [-0.2, 0) is 6.54 Å². The minimum atomic E-state index is 0.907. The number of allylic oxidation sites excluding steroid dienone is 6. The Morgan fingerprint density at radius 2 is 1.60 bits per heavy atom. The van der Waals surface area contributed by atoms with Gasteiger partial charge in [-0.3, -0.25) is 0 Å². The molecular formula is C37H34ClN2S2+. The van der Waals surface area contributed by atoms with E-state index in [1.165, 1.54) is 63.5 Å². The van der Waals surface area contributed by atoms with Gasteiger partial charge in [-0.25, -0.2) is 0 Å². The minimum Gasteiger partial charge on any atom is -0.335 e. The number of aryl methyl sites for hydroxylation is 1. The fourth-order valence-corrected chi connectivity index (χ4v) is 8.93. The molecule has 1 aliphatic heterocycles. The summed E-state index contributed by atoms with van der Waals surface area (Å²) in [5.74, 6) is 0. The first-order valence-electron chi connectivity index (χ1n) is 15.0. The molecule has 2 aliphatic rings. The number of rotatable bonds is 7. The Balaban J connectivity index is 1.19. The molecule has 0 saturated heterocycles. The zero-order chi connectivity index (χ0) is 28.6. The minimum absolute atomic E-state index is 0.907. The van der Waals surface area contributed by atoms with E-state index in [1.54, 1.807) is 0 Å². The second kappa shape index (κ2) is 11.8. The maximum atomic E-state index is 7.03. The summed E-state index contributed by atoms with van der Waals surface area (Å²) >= 11 is 10.8. The zero-order valence-corrected chi connectivity index (χ0v) is 26.5. The molecule has 5 heteroatoms. The number of hydrogen-bond donors (Lipinski definition) is 0. The van der Waals surface area contributed by atoms with Crippen LogP contribution in [0.4, 0.5) is 5.69 Å². The molecular weight excluding hydrogens is 572 g/mol. The van der Waals surface area contributed by atoms with Crippen molar-refractivity contribution in [2.24, 2.45) is 0 Å². The van der Waals surface area contributed by atoms with E-state index < -0.39 is 0 Å². The van der Waals surface area contributed by atoms with Gasteiger partial charge in [-0.05, 0) is 64.8 Å². The van der Waals surface area contributed by atoms with Crippen LogP contribution in [0.15, 0.2) is 117 Å². The lowest BCUT2D eigenvalue weighted by atomic mass is 10.1. The Morgan fingerprint density at radius 1 is 0.833 bits per heavy atom. The van der Waals surface area contributed by atoms with Gasteiger partial charge in [0.25, 0.3) is 5.01 Å². The Morgan fingerprint density at radius 3 is 2.40 bits per heavy atom. The van der Waals surface area contributed by atoms with Crippen LogP contribution in [0.25, 0.3) is 37.8 Å². The van der Waals surface area contributed by atoms with Crippen LogP contribution in [0.3, 0.4) is 0 Å². The van der Waals surface area contributed by atoms with Gasteiger partial charge in [-0.1, -0.05) is 115 Å². The maximum Gasteiger partial charge on any atom is 0.262 e. The molecule has 2 nitrogen and oxygen atoms in total. The SMILES string of the molecule is CCCN1C(=CC=C2CCC(C=Cc3sc4c5ccccc5ccc4[n+]3CCC)=C2Cl)Sc2c1ccc1ccccc21. The number of hydrogen-bond acceptors (Lipinski definition) is 3. The molecule has 0 fully saturated rings. The van der Waals surface area contributed by atoms with Crippen LogP contribution in [0.2, 0.25) is 0 Å². The highest BCUT2D eigenvalue weighted by molar-refractivity contribution is 8.04. The molecule has 0 unspecified atom stereocenters. The molecule has 7 rings (SSSR count). The number of benzene rings is 4. The molecule has 1 aliphatic carbocycles. The molecule has 5 aromatic rings. The van der Waals surface area contributed by atoms with E-state index >= 15 is 0 Å². The molecule has 210 valence electrons. The van der Waals surface area contributed by atoms with Crippen molar-refractivity contribution < 1.29 is 4.57 Å². The monoisotopic (exact) mass is 605 g/mol. The van der Waals surface area contributed by atoms with Crippen LogP contribution in [0, 0.1) is 0 Å². The number of halogens is 1. The van der Waals surface area contributed by atoms with Gasteiger partial charge < -0.3 is 4.90 Å². The molecule has 0 bridgehead atoms. The van der Waals surface area contributed by atoms with Crippen LogP contribution >= 0.6 is 34.7 Å². The van der Waals surface area contributed by atoms with Gasteiger partial charge in [0, 0.05) is 40.4 Å². The van der Waals surface area contributed by atoms with Crippen molar-refractivity contribution in [3.05, 3.63) is 117 Å². The van der Waals surface area contributed by atoms with Gasteiger partial charge in [0.2, 0.25) is 5.52 Å². The lowest BCUT2D eigenvalue weighted by molar-refractivity contribution is -0.668. The van der Waals surface area contributed by atoms with Gasteiger partial charge in [0.1, 0.15) is 11.2 Å². The quantitative estimate of drug-likeness (QED) is 0.170. The van der Waals surface area contributed by atoms with Gasteiger partial charge in [0.15, 0.2) is 0 Å². The van der Waals surface area contributed by atoms with E-state index in [0.29, 0.717) is 0 Å². The molecule has 0 amide bonds. The van der Waals surface area contributed by atoms with Crippen molar-refractivity contribution in [2.75, 3.05) is 11.4 Å². The Hall–Kier alpha value is -3.31. The van der Waals surface area contributed by atoms with E-state index in [2.05, 4.69) is 120 Å². The van der Waals surface area contributed by atoms with Gasteiger partial charge in [-0.2, -0.15) is 4.57 Å². The number of anilines is 1.